The second-order valence-corrected chi connectivity index (χ2v) is 3.49. The van der Waals surface area contributed by atoms with Gasteiger partial charge in [-0.3, -0.25) is 4.79 Å². The lowest BCUT2D eigenvalue weighted by Gasteiger charge is -2.15. The van der Waals surface area contributed by atoms with E-state index in [2.05, 4.69) is 6.58 Å². The Balaban J connectivity index is 2.20. The Morgan fingerprint density at radius 1 is 1.58 bits per heavy atom. The van der Waals surface area contributed by atoms with Crippen LogP contribution in [0.5, 0.6) is 0 Å². The number of allylic oxidation sites excluding steroid dienone is 2. The lowest BCUT2D eigenvalue weighted by Crippen LogP contribution is -2.16. The summed E-state index contributed by atoms with van der Waals surface area (Å²) in [6.45, 7) is 3.69. The van der Waals surface area contributed by atoms with E-state index >= 15 is 0 Å². The van der Waals surface area contributed by atoms with Crippen LogP contribution >= 0.6 is 0 Å². The average Bonchev–Trinajstić information content (AvgIpc) is 2.76. The van der Waals surface area contributed by atoms with E-state index in [9.17, 15) is 4.79 Å². The predicted molar refractivity (Wildman–Crippen MR) is 45.7 cm³/mol. The van der Waals surface area contributed by atoms with Crippen LogP contribution in [0.2, 0.25) is 0 Å². The fourth-order valence-corrected chi connectivity index (χ4v) is 2.26. The zero-order valence-electron chi connectivity index (χ0n) is 6.92. The lowest BCUT2D eigenvalue weighted by atomic mass is 9.89. The van der Waals surface area contributed by atoms with E-state index in [0.717, 1.165) is 24.8 Å². The number of hydrogen-bond acceptors (Lipinski definition) is 1. The van der Waals surface area contributed by atoms with Gasteiger partial charge in [0, 0.05) is 5.92 Å². The SMILES string of the molecule is C=CC1=C2C(C(=O)O)CCCC12. The first-order valence-electron chi connectivity index (χ1n) is 4.35. The molecule has 0 radical (unpaired) electrons. The van der Waals surface area contributed by atoms with Gasteiger partial charge in [0.05, 0.1) is 5.92 Å². The maximum atomic E-state index is 10.8. The molecule has 0 aromatic heterocycles. The minimum atomic E-state index is -0.661. The zero-order chi connectivity index (χ0) is 8.72. The number of hydrogen-bond donors (Lipinski definition) is 1. The van der Waals surface area contributed by atoms with Gasteiger partial charge in [0.1, 0.15) is 0 Å². The van der Waals surface area contributed by atoms with Crippen molar-refractivity contribution in [1.82, 2.24) is 0 Å². The van der Waals surface area contributed by atoms with Crippen LogP contribution in [0.4, 0.5) is 0 Å². The largest absolute Gasteiger partial charge is 0.481 e. The third-order valence-corrected chi connectivity index (χ3v) is 2.88. The molecular weight excluding hydrogens is 152 g/mol. The molecule has 0 aliphatic heterocycles. The molecule has 0 aromatic carbocycles. The van der Waals surface area contributed by atoms with Crippen molar-refractivity contribution in [2.75, 3.05) is 0 Å². The van der Waals surface area contributed by atoms with Gasteiger partial charge >= 0.3 is 5.97 Å². The molecular formula is C10H12O2. The zero-order valence-corrected chi connectivity index (χ0v) is 6.92. The van der Waals surface area contributed by atoms with E-state index in [-0.39, 0.29) is 5.92 Å². The van der Waals surface area contributed by atoms with E-state index in [4.69, 9.17) is 5.11 Å². The van der Waals surface area contributed by atoms with Gasteiger partial charge in [-0.2, -0.15) is 0 Å². The van der Waals surface area contributed by atoms with Gasteiger partial charge in [0.25, 0.3) is 0 Å². The first kappa shape index (κ1) is 7.59. The molecule has 0 aromatic rings. The van der Waals surface area contributed by atoms with Crippen LogP contribution in [-0.2, 0) is 4.79 Å². The quantitative estimate of drug-likeness (QED) is 0.677. The van der Waals surface area contributed by atoms with E-state index in [0.29, 0.717) is 5.92 Å². The molecule has 0 spiro atoms. The summed E-state index contributed by atoms with van der Waals surface area (Å²) in [6, 6.07) is 0. The summed E-state index contributed by atoms with van der Waals surface area (Å²) in [5.41, 5.74) is 2.36. The van der Waals surface area contributed by atoms with E-state index in [1.54, 1.807) is 0 Å². The standard InChI is InChI=1S/C10H12O2/c1-2-6-7-4-3-5-8(9(6)7)10(11)12/h2,7-8H,1,3-5H2,(H,11,12). The first-order valence-corrected chi connectivity index (χ1v) is 4.35. The Hall–Kier alpha value is -1.05. The summed E-state index contributed by atoms with van der Waals surface area (Å²) >= 11 is 0. The van der Waals surface area contributed by atoms with Gasteiger partial charge in [0.15, 0.2) is 0 Å². The van der Waals surface area contributed by atoms with E-state index in [1.165, 1.54) is 5.57 Å². The Morgan fingerprint density at radius 2 is 2.33 bits per heavy atom. The molecule has 0 amide bonds. The molecule has 2 aliphatic carbocycles. The highest BCUT2D eigenvalue weighted by atomic mass is 16.4. The Labute approximate surface area is 71.6 Å². The van der Waals surface area contributed by atoms with Crippen LogP contribution < -0.4 is 0 Å². The van der Waals surface area contributed by atoms with E-state index < -0.39 is 5.97 Å². The minimum Gasteiger partial charge on any atom is -0.481 e. The van der Waals surface area contributed by atoms with Crippen molar-refractivity contribution in [3.05, 3.63) is 23.8 Å². The highest BCUT2D eigenvalue weighted by Gasteiger charge is 2.44. The maximum Gasteiger partial charge on any atom is 0.310 e. The van der Waals surface area contributed by atoms with Gasteiger partial charge in [-0.1, -0.05) is 19.1 Å². The summed E-state index contributed by atoms with van der Waals surface area (Å²) in [5.74, 6) is -0.374. The number of carboxylic acid groups (broad SMARTS) is 1. The van der Waals surface area contributed by atoms with Gasteiger partial charge in [0.2, 0.25) is 0 Å². The predicted octanol–water partition coefficient (Wildman–Crippen LogP) is 1.98. The number of aliphatic carboxylic acids is 1. The molecule has 2 heteroatoms. The van der Waals surface area contributed by atoms with Crippen molar-refractivity contribution >= 4 is 5.97 Å². The molecule has 2 aliphatic rings. The summed E-state index contributed by atoms with van der Waals surface area (Å²) < 4.78 is 0. The maximum absolute atomic E-state index is 10.8. The second-order valence-electron chi connectivity index (χ2n) is 3.49. The van der Waals surface area contributed by atoms with Crippen molar-refractivity contribution < 1.29 is 9.90 Å². The lowest BCUT2D eigenvalue weighted by molar-refractivity contribution is -0.140. The molecule has 2 atom stereocenters. The molecule has 64 valence electrons. The van der Waals surface area contributed by atoms with Crippen molar-refractivity contribution in [2.24, 2.45) is 11.8 Å². The van der Waals surface area contributed by atoms with Crippen molar-refractivity contribution in [3.63, 3.8) is 0 Å². The van der Waals surface area contributed by atoms with Gasteiger partial charge < -0.3 is 5.11 Å². The molecule has 2 rings (SSSR count). The van der Waals surface area contributed by atoms with Crippen molar-refractivity contribution in [1.29, 1.82) is 0 Å². The third-order valence-electron chi connectivity index (χ3n) is 2.88. The fraction of sp³-hybridized carbons (Fsp3) is 0.500. The van der Waals surface area contributed by atoms with Gasteiger partial charge in [-0.15, -0.1) is 0 Å². The molecule has 1 fully saturated rings. The Kier molecular flexibility index (Phi) is 1.56. The highest BCUT2D eigenvalue weighted by molar-refractivity contribution is 5.77. The second kappa shape index (κ2) is 2.47. The van der Waals surface area contributed by atoms with Crippen LogP contribution in [0, 0.1) is 11.8 Å². The van der Waals surface area contributed by atoms with Crippen molar-refractivity contribution in [3.8, 4) is 0 Å². The van der Waals surface area contributed by atoms with Crippen molar-refractivity contribution in [2.45, 2.75) is 19.3 Å². The molecule has 0 heterocycles. The average molecular weight is 164 g/mol. The van der Waals surface area contributed by atoms with Gasteiger partial charge in [-0.25, -0.2) is 0 Å². The number of carboxylic acids is 1. The minimum absolute atomic E-state index is 0.197. The van der Waals surface area contributed by atoms with Crippen LogP contribution in [0.25, 0.3) is 0 Å². The summed E-state index contributed by atoms with van der Waals surface area (Å²) in [5, 5.41) is 8.88. The number of carbonyl (C=O) groups is 1. The molecule has 0 saturated heterocycles. The first-order chi connectivity index (χ1) is 5.75. The number of fused-ring (bicyclic) bond motifs is 1. The molecule has 2 unspecified atom stereocenters. The van der Waals surface area contributed by atoms with Crippen LogP contribution in [0.15, 0.2) is 23.8 Å². The normalized spacial score (nSPS) is 32.7. The van der Waals surface area contributed by atoms with Crippen LogP contribution in [0.3, 0.4) is 0 Å². The molecule has 2 nitrogen and oxygen atoms in total. The van der Waals surface area contributed by atoms with Gasteiger partial charge in [-0.05, 0) is 24.0 Å². The van der Waals surface area contributed by atoms with Crippen LogP contribution in [-0.4, -0.2) is 11.1 Å². The monoisotopic (exact) mass is 164 g/mol. The Morgan fingerprint density at radius 3 is 2.92 bits per heavy atom. The van der Waals surface area contributed by atoms with E-state index in [1.807, 2.05) is 6.08 Å². The highest BCUT2D eigenvalue weighted by Crippen LogP contribution is 2.52. The summed E-state index contributed by atoms with van der Waals surface area (Å²) in [7, 11) is 0. The Bertz CT molecular complexity index is 276. The molecule has 1 N–H and O–H groups in total. The smallest absolute Gasteiger partial charge is 0.310 e. The fourth-order valence-electron chi connectivity index (χ4n) is 2.26. The molecule has 1 saturated carbocycles. The molecule has 0 bridgehead atoms. The third kappa shape index (κ3) is 0.909. The van der Waals surface area contributed by atoms with Crippen LogP contribution in [0.1, 0.15) is 19.3 Å². The number of rotatable bonds is 2. The summed E-state index contributed by atoms with van der Waals surface area (Å²) in [4.78, 5) is 10.8. The summed E-state index contributed by atoms with van der Waals surface area (Å²) in [6.07, 6.45) is 4.82. The molecule has 12 heavy (non-hydrogen) atoms. The topological polar surface area (TPSA) is 37.3 Å².